The van der Waals surface area contributed by atoms with Crippen LogP contribution in [0.15, 0.2) is 41.3 Å². The molecule has 4 nitrogen and oxygen atoms in total. The Hall–Kier alpha value is -2.14. The van der Waals surface area contributed by atoms with E-state index in [2.05, 4.69) is 0 Å². The van der Waals surface area contributed by atoms with E-state index < -0.39 is 11.9 Å². The van der Waals surface area contributed by atoms with E-state index in [0.29, 0.717) is 6.42 Å². The van der Waals surface area contributed by atoms with Gasteiger partial charge in [-0.25, -0.2) is 9.59 Å². The van der Waals surface area contributed by atoms with E-state index in [9.17, 15) is 9.59 Å². The number of thiophene rings is 1. The van der Waals surface area contributed by atoms with Crippen molar-refractivity contribution in [2.75, 3.05) is 13.2 Å². The van der Waals surface area contributed by atoms with Crippen LogP contribution >= 0.6 is 11.3 Å². The third-order valence-corrected chi connectivity index (χ3v) is 4.09. The van der Waals surface area contributed by atoms with Crippen LogP contribution in [0.25, 0.3) is 10.1 Å². The van der Waals surface area contributed by atoms with Crippen LogP contribution < -0.4 is 0 Å². The van der Waals surface area contributed by atoms with Crippen molar-refractivity contribution in [3.63, 3.8) is 0 Å². The zero-order valence-electron chi connectivity index (χ0n) is 12.6. The van der Waals surface area contributed by atoms with Gasteiger partial charge in [0.15, 0.2) is 0 Å². The molecule has 116 valence electrons. The molecule has 1 heterocycles. The highest BCUT2D eigenvalue weighted by Crippen LogP contribution is 2.26. The van der Waals surface area contributed by atoms with Crippen LogP contribution in [0.3, 0.4) is 0 Å². The standard InChI is InChI=1S/C17H18O4S/c1-3-20-16(18)14(17(19)21-4-2)10-9-12-11-22-15-8-6-5-7-13(12)15/h5-8,10-11H,3-4,9H2,1-2H3. The van der Waals surface area contributed by atoms with Gasteiger partial charge in [0.1, 0.15) is 5.57 Å². The molecule has 1 aromatic heterocycles. The average Bonchev–Trinajstić information content (AvgIpc) is 2.91. The van der Waals surface area contributed by atoms with Gasteiger partial charge >= 0.3 is 11.9 Å². The van der Waals surface area contributed by atoms with Crippen molar-refractivity contribution in [2.45, 2.75) is 20.3 Å². The summed E-state index contributed by atoms with van der Waals surface area (Å²) >= 11 is 1.64. The lowest BCUT2D eigenvalue weighted by molar-refractivity contribution is -0.146. The second kappa shape index (κ2) is 7.75. The van der Waals surface area contributed by atoms with E-state index in [1.54, 1.807) is 31.3 Å². The molecule has 1 aromatic carbocycles. The first-order valence-electron chi connectivity index (χ1n) is 7.16. The van der Waals surface area contributed by atoms with Crippen LogP contribution in [-0.2, 0) is 25.5 Å². The van der Waals surface area contributed by atoms with Crippen LogP contribution in [-0.4, -0.2) is 25.2 Å². The van der Waals surface area contributed by atoms with Crippen LogP contribution in [0.4, 0.5) is 0 Å². The molecule has 0 saturated carbocycles. The van der Waals surface area contributed by atoms with Crippen LogP contribution in [0, 0.1) is 0 Å². The molecule has 0 spiro atoms. The summed E-state index contributed by atoms with van der Waals surface area (Å²) in [7, 11) is 0. The van der Waals surface area contributed by atoms with Gasteiger partial charge < -0.3 is 9.47 Å². The second-order valence-corrected chi connectivity index (χ2v) is 5.43. The summed E-state index contributed by atoms with van der Waals surface area (Å²) in [6.45, 7) is 3.84. The second-order valence-electron chi connectivity index (χ2n) is 4.52. The van der Waals surface area contributed by atoms with Crippen molar-refractivity contribution in [1.29, 1.82) is 0 Å². The van der Waals surface area contributed by atoms with Crippen molar-refractivity contribution in [1.82, 2.24) is 0 Å². The highest BCUT2D eigenvalue weighted by atomic mass is 32.1. The monoisotopic (exact) mass is 318 g/mol. The lowest BCUT2D eigenvalue weighted by Gasteiger charge is -2.06. The quantitative estimate of drug-likeness (QED) is 0.354. The van der Waals surface area contributed by atoms with Gasteiger partial charge in [-0.2, -0.15) is 0 Å². The fourth-order valence-electron chi connectivity index (χ4n) is 2.07. The number of benzene rings is 1. The van der Waals surface area contributed by atoms with Crippen molar-refractivity contribution in [3.05, 3.63) is 46.9 Å². The number of allylic oxidation sites excluding steroid dienone is 1. The number of hydrogen-bond acceptors (Lipinski definition) is 5. The molecule has 2 rings (SSSR count). The first-order chi connectivity index (χ1) is 10.7. The first-order valence-corrected chi connectivity index (χ1v) is 8.04. The molecule has 22 heavy (non-hydrogen) atoms. The van der Waals surface area contributed by atoms with Gasteiger partial charge in [-0.1, -0.05) is 24.3 Å². The summed E-state index contributed by atoms with van der Waals surface area (Å²) in [4.78, 5) is 23.8. The Kier molecular flexibility index (Phi) is 5.72. The summed E-state index contributed by atoms with van der Waals surface area (Å²) in [6.07, 6.45) is 2.07. The fraction of sp³-hybridized carbons (Fsp3) is 0.294. The average molecular weight is 318 g/mol. The number of fused-ring (bicyclic) bond motifs is 1. The molecular formula is C17H18O4S. The van der Waals surface area contributed by atoms with E-state index in [4.69, 9.17) is 9.47 Å². The van der Waals surface area contributed by atoms with E-state index >= 15 is 0 Å². The lowest BCUT2D eigenvalue weighted by Crippen LogP contribution is -2.18. The highest BCUT2D eigenvalue weighted by molar-refractivity contribution is 7.17. The van der Waals surface area contributed by atoms with Crippen molar-refractivity contribution in [3.8, 4) is 0 Å². The zero-order chi connectivity index (χ0) is 15.9. The molecule has 0 unspecified atom stereocenters. The smallest absolute Gasteiger partial charge is 0.345 e. The van der Waals surface area contributed by atoms with Crippen molar-refractivity contribution >= 4 is 33.4 Å². The molecule has 0 aliphatic rings. The summed E-state index contributed by atoms with van der Waals surface area (Å²) in [5.74, 6) is -1.28. The van der Waals surface area contributed by atoms with Crippen LogP contribution in [0.1, 0.15) is 19.4 Å². The predicted molar refractivity (Wildman–Crippen MR) is 86.9 cm³/mol. The van der Waals surface area contributed by atoms with E-state index in [0.717, 1.165) is 10.9 Å². The Balaban J connectivity index is 2.25. The molecule has 0 amide bonds. The molecule has 5 heteroatoms. The van der Waals surface area contributed by atoms with Gasteiger partial charge in [-0.15, -0.1) is 11.3 Å². The van der Waals surface area contributed by atoms with E-state index in [1.807, 2.05) is 29.6 Å². The predicted octanol–water partition coefficient (Wildman–Crippen LogP) is 3.50. The number of carbonyl (C=O) groups is 2. The molecular weight excluding hydrogens is 300 g/mol. The van der Waals surface area contributed by atoms with Gasteiger partial charge in [0.25, 0.3) is 0 Å². The largest absolute Gasteiger partial charge is 0.462 e. The highest BCUT2D eigenvalue weighted by Gasteiger charge is 2.20. The molecule has 0 saturated heterocycles. The lowest BCUT2D eigenvalue weighted by atomic mass is 10.1. The molecule has 2 aromatic rings. The molecule has 0 N–H and O–H groups in total. The Morgan fingerprint density at radius 1 is 1.09 bits per heavy atom. The third kappa shape index (κ3) is 3.74. The fourth-order valence-corrected chi connectivity index (χ4v) is 3.05. The maximum atomic E-state index is 11.9. The minimum Gasteiger partial charge on any atom is -0.462 e. The third-order valence-electron chi connectivity index (χ3n) is 3.08. The minimum absolute atomic E-state index is 0.0426. The van der Waals surface area contributed by atoms with E-state index in [-0.39, 0.29) is 18.8 Å². The molecule has 0 bridgehead atoms. The molecule has 0 aliphatic carbocycles. The maximum absolute atomic E-state index is 11.9. The molecule has 0 atom stereocenters. The summed E-state index contributed by atoms with van der Waals surface area (Å²) in [5.41, 5.74) is 1.03. The molecule has 0 aliphatic heterocycles. The normalized spacial score (nSPS) is 10.3. The van der Waals surface area contributed by atoms with Crippen LogP contribution in [0.5, 0.6) is 0 Å². The maximum Gasteiger partial charge on any atom is 0.345 e. The topological polar surface area (TPSA) is 52.6 Å². The summed E-state index contributed by atoms with van der Waals surface area (Å²) in [5, 5.41) is 3.17. The van der Waals surface area contributed by atoms with Gasteiger partial charge in [-0.3, -0.25) is 0 Å². The van der Waals surface area contributed by atoms with Gasteiger partial charge in [0.05, 0.1) is 13.2 Å². The number of carbonyl (C=O) groups excluding carboxylic acids is 2. The Morgan fingerprint density at radius 2 is 1.73 bits per heavy atom. The number of rotatable bonds is 6. The SMILES string of the molecule is CCOC(=O)C(=CCc1csc2ccccc12)C(=O)OCC. The Morgan fingerprint density at radius 3 is 2.36 bits per heavy atom. The van der Waals surface area contributed by atoms with Gasteiger partial charge in [0, 0.05) is 4.70 Å². The number of hydrogen-bond donors (Lipinski definition) is 0. The minimum atomic E-state index is -0.638. The number of ether oxygens (including phenoxy) is 2. The van der Waals surface area contributed by atoms with Gasteiger partial charge in [-0.05, 0) is 42.7 Å². The number of esters is 2. The van der Waals surface area contributed by atoms with Crippen LogP contribution in [0.2, 0.25) is 0 Å². The Labute approximate surface area is 133 Å². The van der Waals surface area contributed by atoms with Crippen molar-refractivity contribution < 1.29 is 19.1 Å². The van der Waals surface area contributed by atoms with Gasteiger partial charge in [0.2, 0.25) is 0 Å². The van der Waals surface area contributed by atoms with Crippen molar-refractivity contribution in [2.24, 2.45) is 0 Å². The summed E-state index contributed by atoms with van der Waals surface area (Å²) in [6, 6.07) is 8.04. The molecule has 0 radical (unpaired) electrons. The zero-order valence-corrected chi connectivity index (χ0v) is 13.4. The summed E-state index contributed by atoms with van der Waals surface area (Å²) < 4.78 is 11.0. The van der Waals surface area contributed by atoms with E-state index in [1.165, 1.54) is 4.70 Å². The first kappa shape index (κ1) is 16.2. The molecule has 0 fully saturated rings. The Bertz CT molecular complexity index is 680.